The second-order valence-electron chi connectivity index (χ2n) is 18.6. The van der Waals surface area contributed by atoms with Crippen LogP contribution in [0.3, 0.4) is 0 Å². The topological polar surface area (TPSA) is 51.3 Å². The van der Waals surface area contributed by atoms with E-state index >= 15 is 0 Å². The molecule has 68 heavy (non-hydrogen) atoms. The largest absolute Gasteiger partial charge is 0.871 e. The summed E-state index contributed by atoms with van der Waals surface area (Å²) in [6, 6.07) is 56.1. The van der Waals surface area contributed by atoms with Gasteiger partial charge >= 0.3 is 0 Å². The van der Waals surface area contributed by atoms with Crippen molar-refractivity contribution in [1.29, 1.82) is 0 Å². The quantitative estimate of drug-likeness (QED) is 0.0585. The molecule has 1 aliphatic carbocycles. The van der Waals surface area contributed by atoms with Gasteiger partial charge in [-0.25, -0.2) is 0 Å². The number of hydrogen-bond acceptors (Lipinski definition) is 4. The van der Waals surface area contributed by atoms with Crippen LogP contribution in [-0.4, -0.2) is 27.2 Å². The first-order valence-electron chi connectivity index (χ1n) is 24.3. The Bertz CT molecular complexity index is 3520. The molecule has 7 aromatic carbocycles. The lowest BCUT2D eigenvalue weighted by Crippen LogP contribution is -2.34. The molecule has 0 saturated carbocycles. The molecular formula is C62H55N3O2S. The zero-order valence-corrected chi connectivity index (χ0v) is 40.1. The zero-order valence-electron chi connectivity index (χ0n) is 39.3. The lowest BCUT2D eigenvalue weighted by molar-refractivity contribution is -0.436. The first-order chi connectivity index (χ1) is 33.3. The average molecular weight is 906 g/mol. The van der Waals surface area contributed by atoms with Crippen LogP contribution in [0.1, 0.15) is 74.6 Å². The number of carbonyl (C=O) groups is 1. The highest BCUT2D eigenvalue weighted by Crippen LogP contribution is 2.47. The third kappa shape index (κ3) is 7.57. The molecular weight excluding hydrogens is 851 g/mol. The molecule has 1 aliphatic heterocycles. The number of carbonyl (C=O) groups excluding carboxylic acids is 1. The molecule has 0 N–H and O–H groups in total. The first-order valence-corrected chi connectivity index (χ1v) is 25.1. The minimum Gasteiger partial charge on any atom is -0.871 e. The van der Waals surface area contributed by atoms with Crippen LogP contribution in [0.4, 0.5) is 22.1 Å². The lowest BCUT2D eigenvalue weighted by Gasteiger charge is -2.31. The summed E-state index contributed by atoms with van der Waals surface area (Å²) in [5.74, 6) is -0.368. The number of allylic oxidation sites excluding steroid dienone is 3. The van der Waals surface area contributed by atoms with Crippen molar-refractivity contribution in [2.24, 2.45) is 0 Å². The van der Waals surface area contributed by atoms with Gasteiger partial charge in [0.25, 0.3) is 0 Å². The maximum Gasteiger partial charge on any atom is 0.214 e. The van der Waals surface area contributed by atoms with E-state index in [0.29, 0.717) is 6.54 Å². The SMILES string of the molecule is CCCCCCCC[N+]1=C(C=C2C(=O)C(/C(C)=c3\c4cccc5cccc(c54)n3Cc3ccccc3)=C2[O-])c2cccc3c(-c4ccc(N(c5ccc(C)cc5)c5ccc(C)cc5)s4)ccc1c23. The number of ketones is 1. The van der Waals surface area contributed by atoms with Gasteiger partial charge in [0.2, 0.25) is 11.4 Å². The summed E-state index contributed by atoms with van der Waals surface area (Å²) >= 11 is 1.79. The standard InChI is InChI=1S/C62H55N3O2S/c1-5-6-7-8-9-13-37-63-53-34-33-47(55-35-36-56(68-55)65(45-29-25-40(2)26-30-45)46-31-27-41(3)28-32-46)48-21-16-22-49(59(48)53)54(63)38-51-61(66)57(62(51)67)42(4)60-50-23-14-19-44-20-15-24-52(58(44)50)64(60)39-43-17-11-10-12-18-43/h10-12,14-36,38H,5-9,13,37,39H2,1-4H3. The zero-order chi connectivity index (χ0) is 46.5. The summed E-state index contributed by atoms with van der Waals surface area (Å²) in [5, 5.41) is 22.4. The van der Waals surface area contributed by atoms with Gasteiger partial charge in [-0.2, -0.15) is 4.58 Å². The van der Waals surface area contributed by atoms with E-state index in [0.717, 1.165) is 90.9 Å². The third-order valence-corrected chi connectivity index (χ3v) is 15.2. The van der Waals surface area contributed by atoms with Crippen molar-refractivity contribution in [2.45, 2.75) is 72.8 Å². The van der Waals surface area contributed by atoms with Crippen molar-refractivity contribution >= 4 is 82.9 Å². The van der Waals surface area contributed by atoms with Crippen molar-refractivity contribution in [1.82, 2.24) is 4.57 Å². The number of benzene rings is 7. The summed E-state index contributed by atoms with van der Waals surface area (Å²) < 4.78 is 4.67. The number of hydrogen-bond donors (Lipinski definition) is 0. The van der Waals surface area contributed by atoms with E-state index in [1.54, 1.807) is 11.3 Å². The van der Waals surface area contributed by atoms with E-state index < -0.39 is 0 Å². The number of aryl methyl sites for hydroxylation is 2. The summed E-state index contributed by atoms with van der Waals surface area (Å²) in [4.78, 5) is 18.2. The van der Waals surface area contributed by atoms with Gasteiger partial charge in [-0.05, 0) is 104 Å². The highest BCUT2D eigenvalue weighted by atomic mass is 32.1. The Labute approximate surface area is 402 Å². The van der Waals surface area contributed by atoms with Gasteiger partial charge < -0.3 is 14.6 Å². The van der Waals surface area contributed by atoms with Crippen LogP contribution < -0.4 is 15.4 Å². The molecule has 0 unspecified atom stereocenters. The van der Waals surface area contributed by atoms with Crippen molar-refractivity contribution in [3.63, 3.8) is 0 Å². The maximum atomic E-state index is 14.6. The van der Waals surface area contributed by atoms with Gasteiger partial charge in [0.1, 0.15) is 11.5 Å². The summed E-state index contributed by atoms with van der Waals surface area (Å²) in [6.45, 7) is 9.89. The molecule has 0 saturated heterocycles. The fourth-order valence-electron chi connectivity index (χ4n) is 10.6. The maximum absolute atomic E-state index is 14.6. The van der Waals surface area contributed by atoms with Gasteiger partial charge in [0.05, 0.1) is 21.8 Å². The molecule has 336 valence electrons. The Morgan fingerprint density at radius 2 is 1.35 bits per heavy atom. The van der Waals surface area contributed by atoms with E-state index in [1.165, 1.54) is 58.0 Å². The molecule has 0 radical (unpaired) electrons. The number of aromatic nitrogens is 1. The Hall–Kier alpha value is -7.28. The summed E-state index contributed by atoms with van der Waals surface area (Å²) in [7, 11) is 0. The molecule has 3 heterocycles. The van der Waals surface area contributed by atoms with E-state index in [2.05, 4.69) is 186 Å². The molecule has 0 atom stereocenters. The lowest BCUT2D eigenvalue weighted by atomic mass is 9.82. The Balaban J connectivity index is 1.01. The third-order valence-electron chi connectivity index (χ3n) is 14.1. The van der Waals surface area contributed by atoms with Gasteiger partial charge in [0, 0.05) is 68.8 Å². The Morgan fingerprint density at radius 3 is 2.07 bits per heavy atom. The van der Waals surface area contributed by atoms with Gasteiger partial charge in [0.15, 0.2) is 5.78 Å². The van der Waals surface area contributed by atoms with Crippen molar-refractivity contribution in [3.05, 3.63) is 208 Å². The number of rotatable bonds is 15. The molecule has 6 heteroatoms. The van der Waals surface area contributed by atoms with Crippen LogP contribution in [0, 0.1) is 13.8 Å². The predicted octanol–water partition coefficient (Wildman–Crippen LogP) is 14.3. The molecule has 0 bridgehead atoms. The molecule has 5 nitrogen and oxygen atoms in total. The predicted molar refractivity (Wildman–Crippen MR) is 283 cm³/mol. The molecule has 11 rings (SSSR count). The van der Waals surface area contributed by atoms with E-state index in [4.69, 9.17) is 0 Å². The smallest absolute Gasteiger partial charge is 0.214 e. The van der Waals surface area contributed by atoms with Crippen LogP contribution >= 0.6 is 11.3 Å². The highest BCUT2D eigenvalue weighted by molar-refractivity contribution is 7.19. The van der Waals surface area contributed by atoms with Gasteiger partial charge in [-0.15, -0.1) is 11.3 Å². The van der Waals surface area contributed by atoms with E-state index in [-0.39, 0.29) is 22.7 Å². The number of anilines is 3. The molecule has 9 aromatic rings. The van der Waals surface area contributed by atoms with Crippen LogP contribution in [0.2, 0.25) is 0 Å². The van der Waals surface area contributed by atoms with Crippen molar-refractivity contribution < 1.29 is 14.5 Å². The van der Waals surface area contributed by atoms with Crippen LogP contribution in [0.5, 0.6) is 0 Å². The highest BCUT2D eigenvalue weighted by Gasteiger charge is 2.36. The number of Topliss-reactive ketones (excluding diaryl/α,β-unsaturated/α-hetero) is 1. The normalized spacial score (nSPS) is 14.6. The van der Waals surface area contributed by atoms with Gasteiger partial charge in [-0.3, -0.25) is 4.79 Å². The summed E-state index contributed by atoms with van der Waals surface area (Å²) in [6.07, 6.45) is 8.96. The second kappa shape index (κ2) is 18.1. The van der Waals surface area contributed by atoms with E-state index in [1.807, 2.05) is 19.1 Å². The molecule has 0 amide bonds. The van der Waals surface area contributed by atoms with Crippen LogP contribution in [-0.2, 0) is 11.3 Å². The molecule has 2 aromatic heterocycles. The van der Waals surface area contributed by atoms with Crippen LogP contribution in [0.25, 0.3) is 48.5 Å². The fourth-order valence-corrected chi connectivity index (χ4v) is 11.7. The molecule has 0 spiro atoms. The minimum atomic E-state index is -0.184. The van der Waals surface area contributed by atoms with E-state index in [9.17, 15) is 9.90 Å². The van der Waals surface area contributed by atoms with Crippen LogP contribution in [0.15, 0.2) is 181 Å². The minimum absolute atomic E-state index is 0.184. The van der Waals surface area contributed by atoms with Crippen molar-refractivity contribution in [3.8, 4) is 10.4 Å². The average Bonchev–Trinajstić information content (AvgIpc) is 4.05. The summed E-state index contributed by atoms with van der Waals surface area (Å²) in [5.41, 5.74) is 12.5. The Kier molecular flexibility index (Phi) is 11.5. The Morgan fingerprint density at radius 1 is 0.676 bits per heavy atom. The monoisotopic (exact) mass is 905 g/mol. The van der Waals surface area contributed by atoms with Gasteiger partial charge in [-0.1, -0.05) is 147 Å². The number of unbranched alkanes of at least 4 members (excludes halogenated alkanes) is 5. The number of thiophene rings is 1. The second-order valence-corrected chi connectivity index (χ2v) is 19.7. The fraction of sp³-hybridized carbons (Fsp3) is 0.194. The molecule has 2 aliphatic rings. The first kappa shape index (κ1) is 43.3. The number of nitrogens with zero attached hydrogens (tertiary/aromatic N) is 3. The van der Waals surface area contributed by atoms with Crippen molar-refractivity contribution in [2.75, 3.05) is 11.4 Å². The molecule has 0 fully saturated rings.